The average molecular weight is 512 g/mol. The first-order chi connectivity index (χ1) is 16.9. The molecule has 0 atom stereocenters. The maximum atomic E-state index is 12.8. The van der Waals surface area contributed by atoms with Gasteiger partial charge in [-0.15, -0.1) is 11.3 Å². The number of rotatable bonds is 9. The van der Waals surface area contributed by atoms with E-state index in [2.05, 4.69) is 20.6 Å². The van der Waals surface area contributed by atoms with Gasteiger partial charge in [0.2, 0.25) is 11.5 Å². The van der Waals surface area contributed by atoms with E-state index >= 15 is 0 Å². The molecule has 35 heavy (non-hydrogen) atoms. The number of halogens is 1. The number of thiophene rings is 1. The number of carbonyl (C=O) groups excluding carboxylic acids is 2. The Morgan fingerprint density at radius 1 is 1.29 bits per heavy atom. The molecule has 4 N–H and O–H groups in total. The Hall–Kier alpha value is -3.01. The minimum atomic E-state index is -1.41. The van der Waals surface area contributed by atoms with Gasteiger partial charge in [-0.3, -0.25) is 4.79 Å². The number of hydrogen-bond acceptors (Lipinski definition) is 8. The lowest BCUT2D eigenvalue weighted by molar-refractivity contribution is -0.127. The first-order valence-electron chi connectivity index (χ1n) is 11.7. The summed E-state index contributed by atoms with van der Waals surface area (Å²) in [5.74, 6) is -0.0241. The van der Waals surface area contributed by atoms with Gasteiger partial charge in [0.15, 0.2) is 0 Å². The van der Waals surface area contributed by atoms with Crippen LogP contribution in [-0.2, 0) is 9.53 Å². The molecule has 10 heteroatoms. The van der Waals surface area contributed by atoms with Gasteiger partial charge in [-0.2, -0.15) is 0 Å². The summed E-state index contributed by atoms with van der Waals surface area (Å²) in [6.45, 7) is 3.02. The largest absolute Gasteiger partial charge is 0.437 e. The predicted molar refractivity (Wildman–Crippen MR) is 138 cm³/mol. The normalized spacial score (nSPS) is 16.8. The summed E-state index contributed by atoms with van der Waals surface area (Å²) in [7, 11) is 0. The van der Waals surface area contributed by atoms with Gasteiger partial charge in [0, 0.05) is 16.6 Å². The summed E-state index contributed by atoms with van der Waals surface area (Å²) in [6.07, 6.45) is 9.25. The molecule has 1 amide bonds. The van der Waals surface area contributed by atoms with Gasteiger partial charge in [0.1, 0.15) is 5.69 Å². The van der Waals surface area contributed by atoms with Crippen molar-refractivity contribution >= 4 is 50.8 Å². The van der Waals surface area contributed by atoms with Gasteiger partial charge in [-0.1, -0.05) is 17.7 Å². The Morgan fingerprint density at radius 3 is 2.83 bits per heavy atom. The predicted octanol–water partition coefficient (Wildman–Crippen LogP) is 4.15. The number of aromatic nitrogens is 2. The van der Waals surface area contributed by atoms with Crippen molar-refractivity contribution < 1.29 is 14.3 Å². The van der Waals surface area contributed by atoms with Crippen LogP contribution in [-0.4, -0.2) is 47.1 Å². The number of esters is 1. The standard InChI is InChI=1S/C25H26ClN5O3S/c26-18-14-30-24(29-10-2-3-15-6-11-28-12-7-15)31-21(18)20-13-17-16(4-1-5-19(17)35-20)22(32)34-25(8-9-25)23(27)33/h1,4-5,8-9,13-15,28H,2-3,6-7,10-12H2,(H2,27,33)(H,29,30,31). The minimum absolute atomic E-state index is 0.348. The summed E-state index contributed by atoms with van der Waals surface area (Å²) in [4.78, 5) is 34.2. The molecular formula is C25H26ClN5O3S. The molecule has 0 bridgehead atoms. The Balaban J connectivity index is 1.31. The third-order valence-corrected chi connectivity index (χ3v) is 7.79. The number of anilines is 1. The fourth-order valence-electron chi connectivity index (χ4n) is 4.31. The highest BCUT2D eigenvalue weighted by Crippen LogP contribution is 2.38. The van der Waals surface area contributed by atoms with Crippen LogP contribution < -0.4 is 16.4 Å². The highest BCUT2D eigenvalue weighted by Gasteiger charge is 2.45. The average Bonchev–Trinajstić information content (AvgIpc) is 3.52. The number of hydrogen-bond donors (Lipinski definition) is 3. The molecule has 1 fully saturated rings. The molecule has 8 nitrogen and oxygen atoms in total. The van der Waals surface area contributed by atoms with Crippen LogP contribution in [0.15, 0.2) is 42.6 Å². The van der Waals surface area contributed by atoms with Crippen LogP contribution >= 0.6 is 22.9 Å². The third kappa shape index (κ3) is 5.17. The van der Waals surface area contributed by atoms with E-state index in [4.69, 9.17) is 22.1 Å². The molecule has 1 saturated heterocycles. The number of nitrogens with one attached hydrogen (secondary N) is 2. The molecule has 1 aromatic carbocycles. The zero-order valence-corrected chi connectivity index (χ0v) is 20.6. The number of carbonyl (C=O) groups is 2. The summed E-state index contributed by atoms with van der Waals surface area (Å²) >= 11 is 7.92. The van der Waals surface area contributed by atoms with Crippen molar-refractivity contribution in [3.05, 3.63) is 53.2 Å². The first-order valence-corrected chi connectivity index (χ1v) is 12.9. The topological polar surface area (TPSA) is 119 Å². The van der Waals surface area contributed by atoms with Crippen LogP contribution in [0.3, 0.4) is 0 Å². The van der Waals surface area contributed by atoms with Crippen LogP contribution in [0, 0.1) is 5.92 Å². The second-order valence-corrected chi connectivity index (χ2v) is 10.4. The Kier molecular flexibility index (Phi) is 6.73. The summed E-state index contributed by atoms with van der Waals surface area (Å²) in [5, 5.41) is 7.84. The third-order valence-electron chi connectivity index (χ3n) is 6.41. The number of nitrogens with zero attached hydrogens (tertiary/aromatic N) is 2. The van der Waals surface area contributed by atoms with Crippen molar-refractivity contribution in [2.24, 2.45) is 11.7 Å². The lowest BCUT2D eigenvalue weighted by Gasteiger charge is -2.22. The molecule has 5 rings (SSSR count). The van der Waals surface area contributed by atoms with Crippen LogP contribution in [0.4, 0.5) is 5.95 Å². The summed E-state index contributed by atoms with van der Waals surface area (Å²) in [6, 6.07) is 7.21. The van der Waals surface area contributed by atoms with E-state index in [9.17, 15) is 9.59 Å². The summed E-state index contributed by atoms with van der Waals surface area (Å²) < 4.78 is 6.25. The maximum absolute atomic E-state index is 12.8. The van der Waals surface area contributed by atoms with E-state index in [0.717, 1.165) is 41.6 Å². The highest BCUT2D eigenvalue weighted by molar-refractivity contribution is 7.22. The number of primary amides is 1. The van der Waals surface area contributed by atoms with E-state index in [1.54, 1.807) is 18.3 Å². The van der Waals surface area contributed by atoms with Gasteiger partial charge in [0.25, 0.3) is 5.91 Å². The lowest BCUT2D eigenvalue weighted by Crippen LogP contribution is -2.36. The molecule has 3 aromatic rings. The Bertz CT molecular complexity index is 1300. The minimum Gasteiger partial charge on any atom is -0.437 e. The van der Waals surface area contributed by atoms with Crippen molar-refractivity contribution in [3.63, 3.8) is 0 Å². The highest BCUT2D eigenvalue weighted by atomic mass is 35.5. The molecular weight excluding hydrogens is 486 g/mol. The first kappa shape index (κ1) is 23.7. The number of piperidine rings is 1. The van der Waals surface area contributed by atoms with Crippen LogP contribution in [0.5, 0.6) is 0 Å². The maximum Gasteiger partial charge on any atom is 0.340 e. The zero-order chi connectivity index (χ0) is 24.4. The number of fused-ring (bicyclic) bond motifs is 1. The SMILES string of the molecule is NC(=O)C1(OC(=O)c2cccc3sc(-c4nc(NCCCC5CCNCC5)ncc4Cl)cc23)C=C1. The van der Waals surface area contributed by atoms with Gasteiger partial charge in [0.05, 0.1) is 21.7 Å². The van der Waals surface area contributed by atoms with Crippen molar-refractivity contribution in [2.75, 3.05) is 25.0 Å². The van der Waals surface area contributed by atoms with Crippen molar-refractivity contribution in [3.8, 4) is 10.6 Å². The number of benzene rings is 1. The van der Waals surface area contributed by atoms with E-state index in [1.807, 2.05) is 12.1 Å². The molecule has 2 aromatic heterocycles. The van der Waals surface area contributed by atoms with Crippen molar-refractivity contribution in [1.82, 2.24) is 15.3 Å². The second-order valence-electron chi connectivity index (χ2n) is 8.86. The molecule has 0 spiro atoms. The van der Waals surface area contributed by atoms with E-state index in [1.165, 1.54) is 42.8 Å². The van der Waals surface area contributed by atoms with Crippen LogP contribution in [0.1, 0.15) is 36.0 Å². The molecule has 2 aliphatic rings. The zero-order valence-electron chi connectivity index (χ0n) is 19.1. The Morgan fingerprint density at radius 2 is 2.09 bits per heavy atom. The quantitative estimate of drug-likeness (QED) is 0.224. The van der Waals surface area contributed by atoms with Gasteiger partial charge >= 0.3 is 5.97 Å². The van der Waals surface area contributed by atoms with E-state index < -0.39 is 17.5 Å². The fourth-order valence-corrected chi connectivity index (χ4v) is 5.65. The van der Waals surface area contributed by atoms with Crippen molar-refractivity contribution in [2.45, 2.75) is 31.3 Å². The van der Waals surface area contributed by atoms with Crippen LogP contribution in [0.2, 0.25) is 5.02 Å². The molecule has 0 radical (unpaired) electrons. The number of ether oxygens (including phenoxy) is 1. The van der Waals surface area contributed by atoms with Crippen LogP contribution in [0.25, 0.3) is 20.7 Å². The second kappa shape index (κ2) is 9.93. The van der Waals surface area contributed by atoms with E-state index in [-0.39, 0.29) is 0 Å². The number of amides is 1. The summed E-state index contributed by atoms with van der Waals surface area (Å²) in [5.41, 5.74) is 4.88. The van der Waals surface area contributed by atoms with Gasteiger partial charge in [-0.05, 0) is 75.0 Å². The number of nitrogens with two attached hydrogens (primary N) is 1. The van der Waals surface area contributed by atoms with E-state index in [0.29, 0.717) is 27.6 Å². The molecule has 1 aliphatic carbocycles. The Labute approximate surface area is 211 Å². The molecule has 3 heterocycles. The molecule has 182 valence electrons. The van der Waals surface area contributed by atoms with Gasteiger partial charge < -0.3 is 21.1 Å². The van der Waals surface area contributed by atoms with Crippen molar-refractivity contribution in [1.29, 1.82) is 0 Å². The molecule has 0 unspecified atom stereocenters. The van der Waals surface area contributed by atoms with Gasteiger partial charge in [-0.25, -0.2) is 14.8 Å². The molecule has 0 saturated carbocycles. The lowest BCUT2D eigenvalue weighted by atomic mass is 9.93. The monoisotopic (exact) mass is 511 g/mol. The molecule has 1 aliphatic heterocycles. The fraction of sp³-hybridized carbons (Fsp3) is 0.360. The smallest absolute Gasteiger partial charge is 0.340 e.